The molecule has 2 rings (SSSR count). The number of hydrogen-bond donors (Lipinski definition) is 1. The van der Waals surface area contributed by atoms with Gasteiger partial charge in [-0.3, -0.25) is 4.79 Å². The number of carbonyl (C=O) groups excluding carboxylic acids is 1. The molecular formula is C15H27NO2. The van der Waals surface area contributed by atoms with Crippen LogP contribution in [0.15, 0.2) is 0 Å². The first-order valence-corrected chi connectivity index (χ1v) is 7.26. The predicted molar refractivity (Wildman–Crippen MR) is 72.0 cm³/mol. The highest BCUT2D eigenvalue weighted by molar-refractivity contribution is 5.73. The monoisotopic (exact) mass is 253 g/mol. The minimum Gasteiger partial charge on any atom is -0.460 e. The molecule has 2 N–H and O–H groups in total. The van der Waals surface area contributed by atoms with Crippen molar-refractivity contribution in [1.29, 1.82) is 0 Å². The molecule has 0 unspecified atom stereocenters. The molecular weight excluding hydrogens is 226 g/mol. The maximum absolute atomic E-state index is 12.0. The van der Waals surface area contributed by atoms with Crippen molar-refractivity contribution in [3.8, 4) is 0 Å². The Morgan fingerprint density at radius 3 is 2.28 bits per heavy atom. The van der Waals surface area contributed by atoms with Crippen LogP contribution in [0.4, 0.5) is 0 Å². The quantitative estimate of drug-likeness (QED) is 0.770. The smallest absolute Gasteiger partial charge is 0.309 e. The summed E-state index contributed by atoms with van der Waals surface area (Å²) in [7, 11) is 0. The van der Waals surface area contributed by atoms with Crippen molar-refractivity contribution in [1.82, 2.24) is 0 Å². The molecule has 0 aromatic carbocycles. The third-order valence-corrected chi connectivity index (χ3v) is 4.56. The first-order valence-electron chi connectivity index (χ1n) is 7.26. The van der Waals surface area contributed by atoms with Crippen molar-refractivity contribution in [3.63, 3.8) is 0 Å². The molecule has 0 radical (unpaired) electrons. The number of carbonyl (C=O) groups is 1. The Morgan fingerprint density at radius 2 is 1.83 bits per heavy atom. The number of esters is 1. The summed E-state index contributed by atoms with van der Waals surface area (Å²) in [6.45, 7) is 6.64. The van der Waals surface area contributed by atoms with Crippen LogP contribution in [-0.4, -0.2) is 18.1 Å². The highest BCUT2D eigenvalue weighted by atomic mass is 16.6. The van der Waals surface area contributed by atoms with Crippen molar-refractivity contribution in [2.45, 2.75) is 64.9 Å². The Hall–Kier alpha value is -0.570. The van der Waals surface area contributed by atoms with E-state index >= 15 is 0 Å². The zero-order valence-corrected chi connectivity index (χ0v) is 12.0. The summed E-state index contributed by atoms with van der Waals surface area (Å²) in [6.07, 6.45) is 6.95. The molecule has 2 aliphatic carbocycles. The highest BCUT2D eigenvalue weighted by Crippen LogP contribution is 2.55. The van der Waals surface area contributed by atoms with Gasteiger partial charge in [-0.1, -0.05) is 0 Å². The molecule has 104 valence electrons. The van der Waals surface area contributed by atoms with Crippen molar-refractivity contribution < 1.29 is 9.53 Å². The number of nitrogens with two attached hydrogens (primary N) is 1. The average Bonchev–Trinajstić information content (AvgIpc) is 2.23. The van der Waals surface area contributed by atoms with E-state index in [9.17, 15) is 4.79 Å². The van der Waals surface area contributed by atoms with Gasteiger partial charge < -0.3 is 10.5 Å². The molecule has 3 nitrogen and oxygen atoms in total. The standard InChI is InChI=1S/C15H27NO2/c1-14(2,3)18-13(17)12-4-6-15(7-5-12)8-11(9-15)10-16/h11-12H,4-10,16H2,1-3H3. The zero-order chi connectivity index (χ0) is 13.4. The maximum Gasteiger partial charge on any atom is 0.309 e. The lowest BCUT2D eigenvalue weighted by Crippen LogP contribution is -2.44. The lowest BCUT2D eigenvalue weighted by atomic mass is 9.54. The second-order valence-corrected chi connectivity index (χ2v) is 7.32. The minimum atomic E-state index is -0.354. The predicted octanol–water partition coefficient (Wildman–Crippen LogP) is 2.87. The molecule has 2 saturated carbocycles. The summed E-state index contributed by atoms with van der Waals surface area (Å²) < 4.78 is 5.48. The lowest BCUT2D eigenvalue weighted by Gasteiger charge is -2.51. The fraction of sp³-hybridized carbons (Fsp3) is 0.933. The van der Waals surface area contributed by atoms with Crippen molar-refractivity contribution in [2.75, 3.05) is 6.54 Å². The van der Waals surface area contributed by atoms with Crippen molar-refractivity contribution >= 4 is 5.97 Å². The van der Waals surface area contributed by atoms with E-state index in [4.69, 9.17) is 10.5 Å². The van der Waals surface area contributed by atoms with Crippen LogP contribution in [0.1, 0.15) is 59.3 Å². The average molecular weight is 253 g/mol. The van der Waals surface area contributed by atoms with Crippen molar-refractivity contribution in [2.24, 2.45) is 23.0 Å². The molecule has 0 heterocycles. The SMILES string of the molecule is CC(C)(C)OC(=O)C1CCC2(CC1)CC(CN)C2. The third-order valence-electron chi connectivity index (χ3n) is 4.56. The van der Waals surface area contributed by atoms with Gasteiger partial charge in [-0.25, -0.2) is 0 Å². The zero-order valence-electron chi connectivity index (χ0n) is 12.0. The van der Waals surface area contributed by atoms with Crippen LogP contribution < -0.4 is 5.73 Å². The van der Waals surface area contributed by atoms with Gasteiger partial charge >= 0.3 is 5.97 Å². The molecule has 0 amide bonds. The van der Waals surface area contributed by atoms with Crippen LogP contribution in [0.2, 0.25) is 0 Å². The largest absolute Gasteiger partial charge is 0.460 e. The first-order chi connectivity index (χ1) is 8.34. The first kappa shape index (κ1) is 13.9. The van der Waals surface area contributed by atoms with Crippen molar-refractivity contribution in [3.05, 3.63) is 0 Å². The molecule has 1 spiro atoms. The summed E-state index contributed by atoms with van der Waals surface area (Å²) >= 11 is 0. The molecule has 0 aromatic heterocycles. The fourth-order valence-electron chi connectivity index (χ4n) is 3.59. The summed E-state index contributed by atoms with van der Waals surface area (Å²) in [5.74, 6) is 0.877. The van der Waals surface area contributed by atoms with Gasteiger partial charge in [0.05, 0.1) is 5.92 Å². The van der Waals surface area contributed by atoms with Crippen LogP contribution in [0, 0.1) is 17.3 Å². The normalized spacial score (nSPS) is 36.2. The third kappa shape index (κ3) is 3.05. The van der Waals surface area contributed by atoms with Gasteiger partial charge in [-0.2, -0.15) is 0 Å². The molecule has 0 bridgehead atoms. The van der Waals surface area contributed by atoms with E-state index in [0.717, 1.165) is 25.3 Å². The Bertz CT molecular complexity index is 303. The topological polar surface area (TPSA) is 52.3 Å². The van der Waals surface area contributed by atoms with E-state index in [1.165, 1.54) is 25.7 Å². The van der Waals surface area contributed by atoms with E-state index < -0.39 is 0 Å². The minimum absolute atomic E-state index is 0.00653. The molecule has 3 heteroatoms. The van der Waals surface area contributed by atoms with Crippen LogP contribution in [-0.2, 0) is 9.53 Å². The summed E-state index contributed by atoms with van der Waals surface area (Å²) in [5, 5.41) is 0. The second-order valence-electron chi connectivity index (χ2n) is 7.32. The molecule has 0 saturated heterocycles. The molecule has 2 fully saturated rings. The van der Waals surface area contributed by atoms with Gasteiger partial charge in [0.1, 0.15) is 5.60 Å². The Morgan fingerprint density at radius 1 is 1.28 bits per heavy atom. The molecule has 2 aliphatic rings. The van der Waals surface area contributed by atoms with Gasteiger partial charge in [0.15, 0.2) is 0 Å². The summed E-state index contributed by atoms with van der Waals surface area (Å²) in [6, 6.07) is 0. The van der Waals surface area contributed by atoms with Gasteiger partial charge in [-0.15, -0.1) is 0 Å². The second kappa shape index (κ2) is 4.84. The molecule has 0 aromatic rings. The Kier molecular flexibility index (Phi) is 3.72. The molecule has 0 aliphatic heterocycles. The van der Waals surface area contributed by atoms with Gasteiger partial charge in [0.2, 0.25) is 0 Å². The number of ether oxygens (including phenoxy) is 1. The number of hydrogen-bond acceptors (Lipinski definition) is 3. The van der Waals surface area contributed by atoms with Crippen LogP contribution >= 0.6 is 0 Å². The molecule has 0 atom stereocenters. The van der Waals surface area contributed by atoms with Gasteiger partial charge in [0, 0.05) is 0 Å². The van der Waals surface area contributed by atoms with Crippen LogP contribution in [0.25, 0.3) is 0 Å². The summed E-state index contributed by atoms with van der Waals surface area (Å²) in [4.78, 5) is 12.0. The summed E-state index contributed by atoms with van der Waals surface area (Å²) in [5.41, 5.74) is 5.87. The highest BCUT2D eigenvalue weighted by Gasteiger charge is 2.46. The van der Waals surface area contributed by atoms with E-state index in [-0.39, 0.29) is 17.5 Å². The maximum atomic E-state index is 12.0. The van der Waals surface area contributed by atoms with Gasteiger partial charge in [0.25, 0.3) is 0 Å². The van der Waals surface area contributed by atoms with E-state index in [1.807, 2.05) is 20.8 Å². The lowest BCUT2D eigenvalue weighted by molar-refractivity contribution is -0.163. The van der Waals surface area contributed by atoms with Crippen LogP contribution in [0.5, 0.6) is 0 Å². The van der Waals surface area contributed by atoms with Crippen LogP contribution in [0.3, 0.4) is 0 Å². The Balaban J connectivity index is 1.79. The Labute approximate surface area is 110 Å². The van der Waals surface area contributed by atoms with E-state index in [0.29, 0.717) is 5.41 Å². The van der Waals surface area contributed by atoms with E-state index in [2.05, 4.69) is 0 Å². The fourth-order valence-corrected chi connectivity index (χ4v) is 3.59. The molecule has 18 heavy (non-hydrogen) atoms. The van der Waals surface area contributed by atoms with E-state index in [1.54, 1.807) is 0 Å². The van der Waals surface area contributed by atoms with Gasteiger partial charge in [-0.05, 0) is 77.2 Å². The number of rotatable bonds is 2.